The third-order valence-corrected chi connectivity index (χ3v) is 4.33. The maximum Gasteiger partial charge on any atom is 0.271 e. The predicted octanol–water partition coefficient (Wildman–Crippen LogP) is 2.05. The number of methoxy groups -OCH3 is 1. The van der Waals surface area contributed by atoms with Gasteiger partial charge in [0.1, 0.15) is 24.2 Å². The van der Waals surface area contributed by atoms with E-state index < -0.39 is 29.5 Å². The molecule has 3 rings (SSSR count). The number of nitrogens with one attached hydrogen (secondary N) is 1. The van der Waals surface area contributed by atoms with Crippen LogP contribution in [0.4, 0.5) is 20.2 Å². The first kappa shape index (κ1) is 21.2. The average Bonchev–Trinajstić information content (AvgIpc) is 3.16. The van der Waals surface area contributed by atoms with Crippen molar-refractivity contribution in [3.63, 3.8) is 0 Å². The number of halogens is 2. The van der Waals surface area contributed by atoms with Gasteiger partial charge in [0.05, 0.1) is 12.3 Å². The van der Waals surface area contributed by atoms with Crippen LogP contribution in [0.25, 0.3) is 0 Å². The van der Waals surface area contributed by atoms with Gasteiger partial charge in [-0.3, -0.25) is 14.6 Å². The first-order valence-electron chi connectivity index (χ1n) is 9.03. The van der Waals surface area contributed by atoms with Crippen molar-refractivity contribution in [2.24, 2.45) is 10.8 Å². The number of primary amides is 1. The summed E-state index contributed by atoms with van der Waals surface area (Å²) in [6.45, 7) is 0.493. The van der Waals surface area contributed by atoms with E-state index in [-0.39, 0.29) is 30.2 Å². The summed E-state index contributed by atoms with van der Waals surface area (Å²) in [4.78, 5) is 24.4. The molecule has 0 aromatic heterocycles. The number of carbonyl (C=O) groups is 2. The van der Waals surface area contributed by atoms with Crippen LogP contribution in [-0.2, 0) is 14.3 Å². The first-order valence-corrected chi connectivity index (χ1v) is 9.03. The summed E-state index contributed by atoms with van der Waals surface area (Å²) in [5.74, 6) is -2.38. The molecule has 2 aromatic carbocycles. The standard InChI is InChI=1S/C20H20F2N4O4/c1-29-8-9-30-18-7-4-13(10-15(18)22)24-20(28)16-11-17(19(23)27)26(25-16)14-5-2-12(21)3-6-14/h2-7,10,17H,8-9,11H2,1H3,(H2,23,27)(H,24,28). The predicted molar refractivity (Wildman–Crippen MR) is 106 cm³/mol. The van der Waals surface area contributed by atoms with Crippen molar-refractivity contribution in [1.82, 2.24) is 0 Å². The van der Waals surface area contributed by atoms with E-state index in [0.717, 1.165) is 6.07 Å². The van der Waals surface area contributed by atoms with Gasteiger partial charge < -0.3 is 20.5 Å². The molecule has 10 heteroatoms. The second-order valence-corrected chi connectivity index (χ2v) is 6.43. The van der Waals surface area contributed by atoms with E-state index in [9.17, 15) is 18.4 Å². The number of amides is 2. The number of anilines is 2. The summed E-state index contributed by atoms with van der Waals surface area (Å²) >= 11 is 0. The number of ether oxygens (including phenoxy) is 2. The topological polar surface area (TPSA) is 106 Å². The summed E-state index contributed by atoms with van der Waals surface area (Å²) in [5.41, 5.74) is 6.05. The maximum absolute atomic E-state index is 14.1. The molecule has 0 fully saturated rings. The zero-order valence-electron chi connectivity index (χ0n) is 16.1. The van der Waals surface area contributed by atoms with Crippen molar-refractivity contribution in [1.29, 1.82) is 0 Å². The Kier molecular flexibility index (Phi) is 6.58. The second kappa shape index (κ2) is 9.31. The van der Waals surface area contributed by atoms with Gasteiger partial charge in [-0.2, -0.15) is 5.10 Å². The molecular weight excluding hydrogens is 398 g/mol. The minimum absolute atomic E-state index is 0.0273. The van der Waals surface area contributed by atoms with Crippen LogP contribution in [0.3, 0.4) is 0 Å². The molecule has 0 spiro atoms. The van der Waals surface area contributed by atoms with Crippen molar-refractivity contribution in [2.75, 3.05) is 30.6 Å². The number of nitrogens with two attached hydrogens (primary N) is 1. The van der Waals surface area contributed by atoms with E-state index in [4.69, 9.17) is 15.2 Å². The van der Waals surface area contributed by atoms with Crippen LogP contribution in [0.2, 0.25) is 0 Å². The molecule has 1 unspecified atom stereocenters. The normalized spacial score (nSPS) is 15.6. The zero-order chi connectivity index (χ0) is 21.7. The Morgan fingerprint density at radius 3 is 2.57 bits per heavy atom. The van der Waals surface area contributed by atoms with Gasteiger partial charge in [-0.25, -0.2) is 8.78 Å². The zero-order valence-corrected chi connectivity index (χ0v) is 16.1. The van der Waals surface area contributed by atoms with Gasteiger partial charge in [0.25, 0.3) is 5.91 Å². The molecule has 2 aromatic rings. The van der Waals surface area contributed by atoms with Gasteiger partial charge in [0.2, 0.25) is 5.91 Å². The fraction of sp³-hybridized carbons (Fsp3) is 0.250. The van der Waals surface area contributed by atoms with Gasteiger partial charge >= 0.3 is 0 Å². The maximum atomic E-state index is 14.1. The molecule has 158 valence electrons. The van der Waals surface area contributed by atoms with Gasteiger partial charge in [0, 0.05) is 25.3 Å². The van der Waals surface area contributed by atoms with Gasteiger partial charge in [0.15, 0.2) is 11.6 Å². The molecule has 2 amide bonds. The monoisotopic (exact) mass is 418 g/mol. The van der Waals surface area contributed by atoms with Gasteiger partial charge in [-0.15, -0.1) is 0 Å². The summed E-state index contributed by atoms with van der Waals surface area (Å²) in [6, 6.07) is 8.33. The van der Waals surface area contributed by atoms with E-state index in [0.29, 0.717) is 12.3 Å². The summed E-state index contributed by atoms with van der Waals surface area (Å²) in [5, 5.41) is 7.96. The molecule has 3 N–H and O–H groups in total. The van der Waals surface area contributed by atoms with Crippen molar-refractivity contribution in [3.05, 3.63) is 54.1 Å². The average molecular weight is 418 g/mol. The molecular formula is C20H20F2N4O4. The fourth-order valence-electron chi connectivity index (χ4n) is 2.83. The Morgan fingerprint density at radius 2 is 1.93 bits per heavy atom. The van der Waals surface area contributed by atoms with Crippen LogP contribution in [0.5, 0.6) is 5.75 Å². The van der Waals surface area contributed by atoms with Crippen LogP contribution in [0.1, 0.15) is 6.42 Å². The number of hydrazone groups is 1. The molecule has 0 saturated carbocycles. The molecule has 0 radical (unpaired) electrons. The molecule has 1 aliphatic heterocycles. The summed E-state index contributed by atoms with van der Waals surface area (Å²) < 4.78 is 37.4. The van der Waals surface area contributed by atoms with Crippen LogP contribution < -0.4 is 20.8 Å². The fourth-order valence-corrected chi connectivity index (χ4v) is 2.83. The highest BCUT2D eigenvalue weighted by atomic mass is 19.1. The molecule has 1 heterocycles. The molecule has 1 atom stereocenters. The second-order valence-electron chi connectivity index (χ2n) is 6.43. The molecule has 30 heavy (non-hydrogen) atoms. The Bertz CT molecular complexity index is 966. The molecule has 0 bridgehead atoms. The largest absolute Gasteiger partial charge is 0.488 e. The smallest absolute Gasteiger partial charge is 0.271 e. The van der Waals surface area contributed by atoms with Crippen LogP contribution in [0, 0.1) is 11.6 Å². The SMILES string of the molecule is COCCOc1ccc(NC(=O)C2=NN(c3ccc(F)cc3)C(C(N)=O)C2)cc1F. The van der Waals surface area contributed by atoms with E-state index in [1.54, 1.807) is 0 Å². The Balaban J connectivity index is 1.73. The van der Waals surface area contributed by atoms with Gasteiger partial charge in [-0.05, 0) is 36.4 Å². The number of benzene rings is 2. The van der Waals surface area contributed by atoms with E-state index in [2.05, 4.69) is 10.4 Å². The van der Waals surface area contributed by atoms with E-state index in [1.807, 2.05) is 0 Å². The van der Waals surface area contributed by atoms with Crippen molar-refractivity contribution in [3.8, 4) is 5.75 Å². The minimum Gasteiger partial charge on any atom is -0.488 e. The molecule has 8 nitrogen and oxygen atoms in total. The molecule has 0 aliphatic carbocycles. The number of hydrogen-bond donors (Lipinski definition) is 2. The highest BCUT2D eigenvalue weighted by Gasteiger charge is 2.35. The number of rotatable bonds is 8. The summed E-state index contributed by atoms with van der Waals surface area (Å²) in [7, 11) is 1.50. The van der Waals surface area contributed by atoms with Crippen molar-refractivity contribution < 1.29 is 27.8 Å². The van der Waals surface area contributed by atoms with Crippen LogP contribution in [-0.4, -0.2) is 43.9 Å². The minimum atomic E-state index is -0.899. The number of carbonyl (C=O) groups excluding carboxylic acids is 2. The third-order valence-electron chi connectivity index (χ3n) is 4.33. The quantitative estimate of drug-likeness (QED) is 0.639. The third kappa shape index (κ3) is 4.90. The summed E-state index contributed by atoms with van der Waals surface area (Å²) in [6.07, 6.45) is -0.0424. The molecule has 0 saturated heterocycles. The lowest BCUT2D eigenvalue weighted by atomic mass is 10.1. The lowest BCUT2D eigenvalue weighted by Gasteiger charge is -2.20. The van der Waals surface area contributed by atoms with Crippen molar-refractivity contribution >= 4 is 28.9 Å². The lowest BCUT2D eigenvalue weighted by Crippen LogP contribution is -2.39. The van der Waals surface area contributed by atoms with E-state index in [1.165, 1.54) is 48.5 Å². The first-order chi connectivity index (χ1) is 14.4. The van der Waals surface area contributed by atoms with Crippen LogP contribution >= 0.6 is 0 Å². The highest BCUT2D eigenvalue weighted by molar-refractivity contribution is 6.44. The number of hydrogen-bond acceptors (Lipinski definition) is 6. The Morgan fingerprint density at radius 1 is 1.20 bits per heavy atom. The highest BCUT2D eigenvalue weighted by Crippen LogP contribution is 2.26. The van der Waals surface area contributed by atoms with Crippen LogP contribution in [0.15, 0.2) is 47.6 Å². The van der Waals surface area contributed by atoms with Crippen molar-refractivity contribution in [2.45, 2.75) is 12.5 Å². The van der Waals surface area contributed by atoms with Gasteiger partial charge in [-0.1, -0.05) is 0 Å². The Labute approximate surface area is 171 Å². The number of nitrogens with zero attached hydrogens (tertiary/aromatic N) is 2. The molecule has 1 aliphatic rings. The van der Waals surface area contributed by atoms with E-state index >= 15 is 0 Å². The lowest BCUT2D eigenvalue weighted by molar-refractivity contribution is -0.119. The Hall–Kier alpha value is -3.53.